The number of ether oxygens (including phenoxy) is 4. The van der Waals surface area contributed by atoms with Crippen LogP contribution < -0.4 is 0 Å². The Hall–Kier alpha value is -0.490. The summed E-state index contributed by atoms with van der Waals surface area (Å²) in [6.07, 6.45) is 2.16. The zero-order chi connectivity index (χ0) is 12.8. The van der Waals surface area contributed by atoms with Gasteiger partial charge in [0.15, 0.2) is 5.78 Å². The molecule has 1 aliphatic carbocycles. The zero-order valence-corrected chi connectivity index (χ0v) is 10.9. The van der Waals surface area contributed by atoms with Crippen LogP contribution in [0, 0.1) is 5.92 Å². The quantitative estimate of drug-likeness (QED) is 0.632. The highest BCUT2D eigenvalue weighted by Crippen LogP contribution is 2.25. The highest BCUT2D eigenvalue weighted by atomic mass is 16.6. The monoisotopic (exact) mass is 258 g/mol. The van der Waals surface area contributed by atoms with E-state index in [1.165, 1.54) is 0 Å². The van der Waals surface area contributed by atoms with Gasteiger partial charge in [0, 0.05) is 26.7 Å². The number of methoxy groups -OCH3 is 1. The number of carbonyl (C=O) groups excluding carboxylic acids is 1. The summed E-state index contributed by atoms with van der Waals surface area (Å²) in [6, 6.07) is 0. The molecule has 0 amide bonds. The minimum atomic E-state index is -0.375. The lowest BCUT2D eigenvalue weighted by Gasteiger charge is -2.35. The van der Waals surface area contributed by atoms with E-state index in [2.05, 4.69) is 0 Å². The maximum absolute atomic E-state index is 11.4. The predicted molar refractivity (Wildman–Crippen MR) is 64.5 cm³/mol. The van der Waals surface area contributed by atoms with Gasteiger partial charge in [0.1, 0.15) is 6.10 Å². The minimum Gasteiger partial charge on any atom is -0.382 e. The highest BCUT2D eigenvalue weighted by molar-refractivity contribution is 5.90. The fourth-order valence-electron chi connectivity index (χ4n) is 2.25. The second kappa shape index (κ2) is 7.19. The van der Waals surface area contributed by atoms with Crippen LogP contribution in [0.15, 0.2) is 0 Å². The van der Waals surface area contributed by atoms with Crippen molar-refractivity contribution >= 4 is 5.78 Å². The molecule has 1 saturated carbocycles. The third kappa shape index (κ3) is 3.75. The smallest absolute Gasteiger partial charge is 0.166 e. The minimum absolute atomic E-state index is 0.0581. The first-order valence-corrected chi connectivity index (χ1v) is 6.64. The molecule has 0 aromatic heterocycles. The number of ketones is 1. The Morgan fingerprint density at radius 1 is 1.22 bits per heavy atom. The molecule has 1 heterocycles. The van der Waals surface area contributed by atoms with Crippen LogP contribution in [0.5, 0.6) is 0 Å². The molecule has 2 rings (SSSR count). The Labute approximate surface area is 108 Å². The van der Waals surface area contributed by atoms with Crippen molar-refractivity contribution in [2.24, 2.45) is 5.92 Å². The van der Waals surface area contributed by atoms with Gasteiger partial charge in [-0.15, -0.1) is 0 Å². The van der Waals surface area contributed by atoms with Gasteiger partial charge in [-0.2, -0.15) is 0 Å². The molecule has 0 aromatic carbocycles. The van der Waals surface area contributed by atoms with E-state index in [1.54, 1.807) is 7.11 Å². The van der Waals surface area contributed by atoms with Gasteiger partial charge < -0.3 is 18.9 Å². The molecule has 1 aliphatic heterocycles. The van der Waals surface area contributed by atoms with Crippen LogP contribution >= 0.6 is 0 Å². The van der Waals surface area contributed by atoms with Crippen molar-refractivity contribution < 1.29 is 23.7 Å². The topological polar surface area (TPSA) is 54.0 Å². The van der Waals surface area contributed by atoms with E-state index in [1.807, 2.05) is 0 Å². The van der Waals surface area contributed by atoms with Gasteiger partial charge in [-0.3, -0.25) is 4.79 Å². The molecule has 5 heteroatoms. The van der Waals surface area contributed by atoms with Gasteiger partial charge in [-0.25, -0.2) is 0 Å². The van der Waals surface area contributed by atoms with Gasteiger partial charge in [-0.1, -0.05) is 0 Å². The second-order valence-corrected chi connectivity index (χ2v) is 4.88. The third-order valence-corrected chi connectivity index (χ3v) is 3.53. The van der Waals surface area contributed by atoms with Gasteiger partial charge in [0.25, 0.3) is 0 Å². The first-order valence-electron chi connectivity index (χ1n) is 6.64. The molecule has 2 atom stereocenters. The average molecular weight is 258 g/mol. The van der Waals surface area contributed by atoms with Crippen molar-refractivity contribution in [3.63, 3.8) is 0 Å². The summed E-state index contributed by atoms with van der Waals surface area (Å²) in [4.78, 5) is 11.4. The molecule has 0 bridgehead atoms. The average Bonchev–Trinajstić information content (AvgIpc) is 2.40. The molecule has 5 nitrogen and oxygen atoms in total. The largest absolute Gasteiger partial charge is 0.382 e. The summed E-state index contributed by atoms with van der Waals surface area (Å²) < 4.78 is 21.4. The lowest BCUT2D eigenvalue weighted by Crippen LogP contribution is -2.51. The normalized spacial score (nSPS) is 29.3. The molecule has 1 saturated heterocycles. The molecule has 104 valence electrons. The molecular weight excluding hydrogens is 236 g/mol. The maximum atomic E-state index is 11.4. The molecule has 0 radical (unpaired) electrons. The lowest BCUT2D eigenvalue weighted by molar-refractivity contribution is -0.170. The molecule has 0 N–H and O–H groups in total. The molecular formula is C13H22O5. The van der Waals surface area contributed by atoms with Crippen LogP contribution in [0.25, 0.3) is 0 Å². The summed E-state index contributed by atoms with van der Waals surface area (Å²) >= 11 is 0. The second-order valence-electron chi connectivity index (χ2n) is 4.88. The number of hydrogen-bond acceptors (Lipinski definition) is 5. The van der Waals surface area contributed by atoms with Crippen LogP contribution in [-0.2, 0) is 23.7 Å². The van der Waals surface area contributed by atoms with Crippen molar-refractivity contribution in [3.8, 4) is 0 Å². The Morgan fingerprint density at radius 2 is 2.00 bits per heavy atom. The summed E-state index contributed by atoms with van der Waals surface area (Å²) in [5.41, 5.74) is 0. The Bertz CT molecular complexity index is 262. The summed E-state index contributed by atoms with van der Waals surface area (Å²) in [6.45, 7) is 3.32. The van der Waals surface area contributed by atoms with E-state index in [-0.39, 0.29) is 18.0 Å². The third-order valence-electron chi connectivity index (χ3n) is 3.53. The maximum Gasteiger partial charge on any atom is 0.166 e. The molecule has 2 fully saturated rings. The van der Waals surface area contributed by atoms with Crippen molar-refractivity contribution in [3.05, 3.63) is 0 Å². The van der Waals surface area contributed by atoms with Crippen LogP contribution in [0.2, 0.25) is 0 Å². The van der Waals surface area contributed by atoms with Gasteiger partial charge >= 0.3 is 0 Å². The molecule has 2 unspecified atom stereocenters. The van der Waals surface area contributed by atoms with Gasteiger partial charge in [-0.05, 0) is 18.8 Å². The Morgan fingerprint density at radius 3 is 2.67 bits per heavy atom. The first kappa shape index (κ1) is 13.9. The molecule has 18 heavy (non-hydrogen) atoms. The highest BCUT2D eigenvalue weighted by Gasteiger charge is 2.41. The number of hydrogen-bond donors (Lipinski definition) is 0. The van der Waals surface area contributed by atoms with E-state index in [4.69, 9.17) is 18.9 Å². The number of carbonyl (C=O) groups is 1. The number of Topliss-reactive ketones (excluding diaryl/α,β-unsaturated/α-hetero) is 1. The molecule has 0 spiro atoms. The van der Waals surface area contributed by atoms with Crippen molar-refractivity contribution in [2.45, 2.75) is 31.5 Å². The van der Waals surface area contributed by atoms with Crippen LogP contribution in [-0.4, -0.2) is 58.1 Å². The van der Waals surface area contributed by atoms with E-state index < -0.39 is 0 Å². The van der Waals surface area contributed by atoms with Crippen LogP contribution in [0.3, 0.4) is 0 Å². The van der Waals surface area contributed by atoms with Gasteiger partial charge in [0.2, 0.25) is 0 Å². The Kier molecular flexibility index (Phi) is 5.56. The fourth-order valence-corrected chi connectivity index (χ4v) is 2.25. The Balaban J connectivity index is 1.64. The van der Waals surface area contributed by atoms with Crippen molar-refractivity contribution in [1.29, 1.82) is 0 Å². The summed E-state index contributed by atoms with van der Waals surface area (Å²) in [5.74, 6) is 0.706. The van der Waals surface area contributed by atoms with Crippen molar-refractivity contribution in [1.82, 2.24) is 0 Å². The fraction of sp³-hybridized carbons (Fsp3) is 0.923. The number of rotatable bonds is 7. The molecule has 0 aromatic rings. The summed E-state index contributed by atoms with van der Waals surface area (Å²) in [7, 11) is 1.62. The van der Waals surface area contributed by atoms with E-state index in [0.717, 1.165) is 26.1 Å². The predicted octanol–water partition coefficient (Wildman–Crippen LogP) is 0.803. The molecule has 2 aliphatic rings. The lowest BCUT2D eigenvalue weighted by atomic mass is 9.89. The zero-order valence-electron chi connectivity index (χ0n) is 10.9. The standard InChI is InChI=1S/C13H22O5/c1-15-6-7-17-13-11(14)8-12(13)18-9-10-2-4-16-5-3-10/h10,12-13H,2-9H2,1H3. The summed E-state index contributed by atoms with van der Waals surface area (Å²) in [5, 5.41) is 0. The van der Waals surface area contributed by atoms with E-state index in [0.29, 0.717) is 32.2 Å². The van der Waals surface area contributed by atoms with E-state index in [9.17, 15) is 4.79 Å². The SMILES string of the molecule is COCCOC1C(=O)CC1OCC1CCOCC1. The van der Waals surface area contributed by atoms with Gasteiger partial charge in [0.05, 0.1) is 25.9 Å². The van der Waals surface area contributed by atoms with Crippen LogP contribution in [0.4, 0.5) is 0 Å². The van der Waals surface area contributed by atoms with Crippen molar-refractivity contribution in [2.75, 3.05) is 40.1 Å². The first-order chi connectivity index (χ1) is 8.81. The van der Waals surface area contributed by atoms with Crippen LogP contribution in [0.1, 0.15) is 19.3 Å². The van der Waals surface area contributed by atoms with E-state index >= 15 is 0 Å².